The van der Waals surface area contributed by atoms with Crippen molar-refractivity contribution in [2.24, 2.45) is 0 Å². The molecule has 2 rings (SSSR count). The van der Waals surface area contributed by atoms with Crippen molar-refractivity contribution in [3.05, 3.63) is 70.2 Å². The Balaban J connectivity index is 2.11. The summed E-state index contributed by atoms with van der Waals surface area (Å²) in [7, 11) is 0. The lowest BCUT2D eigenvalue weighted by Crippen LogP contribution is -2.22. The van der Waals surface area contributed by atoms with E-state index < -0.39 is 0 Å². The quantitative estimate of drug-likeness (QED) is 0.889. The van der Waals surface area contributed by atoms with Gasteiger partial charge in [-0.25, -0.2) is 0 Å². The number of rotatable bonds is 4. The Labute approximate surface area is 125 Å². The molecule has 0 spiro atoms. The van der Waals surface area contributed by atoms with Crippen LogP contribution in [-0.4, -0.2) is 0 Å². The van der Waals surface area contributed by atoms with Crippen LogP contribution in [0.2, 0.25) is 5.02 Å². The molecule has 2 atom stereocenters. The van der Waals surface area contributed by atoms with Gasteiger partial charge in [-0.3, -0.25) is 0 Å². The van der Waals surface area contributed by atoms with E-state index in [1.807, 2.05) is 42.5 Å². The molecule has 2 aromatic rings. The van der Waals surface area contributed by atoms with E-state index in [0.29, 0.717) is 5.56 Å². The number of hydrogen-bond donors (Lipinski definition) is 1. The molecule has 0 saturated heterocycles. The number of nitrogens with zero attached hydrogens (tertiary/aromatic N) is 1. The molecule has 3 heteroatoms. The Kier molecular flexibility index (Phi) is 4.79. The minimum absolute atomic E-state index is 0.164. The second-order valence-corrected chi connectivity index (χ2v) is 5.34. The second-order valence-electron chi connectivity index (χ2n) is 4.90. The van der Waals surface area contributed by atoms with E-state index in [4.69, 9.17) is 16.9 Å². The maximum Gasteiger partial charge on any atom is 0.0991 e. The minimum Gasteiger partial charge on any atom is -0.304 e. The van der Waals surface area contributed by atoms with Crippen LogP contribution in [0.3, 0.4) is 0 Å². The third kappa shape index (κ3) is 3.60. The van der Waals surface area contributed by atoms with Gasteiger partial charge in [0.1, 0.15) is 0 Å². The summed E-state index contributed by atoms with van der Waals surface area (Å²) in [5.74, 6) is 0. The molecule has 1 unspecified atom stereocenters. The first-order chi connectivity index (χ1) is 9.60. The van der Waals surface area contributed by atoms with E-state index in [0.717, 1.165) is 16.1 Å². The predicted octanol–water partition coefficient (Wildman–Crippen LogP) is 4.62. The molecule has 0 fully saturated rings. The van der Waals surface area contributed by atoms with Gasteiger partial charge in [0.2, 0.25) is 0 Å². The topological polar surface area (TPSA) is 35.8 Å². The van der Waals surface area contributed by atoms with E-state index in [9.17, 15) is 0 Å². The van der Waals surface area contributed by atoms with E-state index >= 15 is 0 Å². The average molecular weight is 285 g/mol. The Bertz CT molecular complexity index is 631. The van der Waals surface area contributed by atoms with Crippen molar-refractivity contribution in [1.82, 2.24) is 5.32 Å². The third-order valence-electron chi connectivity index (χ3n) is 3.36. The van der Waals surface area contributed by atoms with Crippen molar-refractivity contribution in [1.29, 1.82) is 5.26 Å². The summed E-state index contributed by atoms with van der Waals surface area (Å²) in [5.41, 5.74) is 2.95. The zero-order chi connectivity index (χ0) is 14.5. The summed E-state index contributed by atoms with van der Waals surface area (Å²) in [4.78, 5) is 0. The molecule has 0 bridgehead atoms. The summed E-state index contributed by atoms with van der Waals surface area (Å²) in [6, 6.07) is 18.1. The fraction of sp³-hybridized carbons (Fsp3) is 0.235. The Morgan fingerprint density at radius 1 is 1.00 bits per heavy atom. The highest BCUT2D eigenvalue weighted by atomic mass is 35.5. The standard InChI is InChI=1S/C17H17ClN2/c1-12(15-6-3-5-14(9-15)11-19)20-13(2)16-7-4-8-17(18)10-16/h3-10,12-13,20H,1-2H3/t12?,13-/m0/s1. The number of nitrogens with one attached hydrogen (secondary N) is 1. The highest BCUT2D eigenvalue weighted by Gasteiger charge is 2.11. The summed E-state index contributed by atoms with van der Waals surface area (Å²) < 4.78 is 0. The first kappa shape index (κ1) is 14.6. The number of halogens is 1. The first-order valence-corrected chi connectivity index (χ1v) is 6.99. The minimum atomic E-state index is 0.164. The lowest BCUT2D eigenvalue weighted by atomic mass is 10.0. The Hall–Kier alpha value is -1.82. The van der Waals surface area contributed by atoms with Gasteiger partial charge in [0.05, 0.1) is 11.6 Å². The molecule has 20 heavy (non-hydrogen) atoms. The van der Waals surface area contributed by atoms with Crippen LogP contribution in [0.1, 0.15) is 42.6 Å². The molecule has 2 aromatic carbocycles. The van der Waals surface area contributed by atoms with Gasteiger partial charge in [-0.1, -0.05) is 35.9 Å². The highest BCUT2D eigenvalue weighted by molar-refractivity contribution is 6.30. The normalized spacial score (nSPS) is 13.5. The maximum absolute atomic E-state index is 8.95. The molecule has 0 aliphatic rings. The summed E-state index contributed by atoms with van der Waals surface area (Å²) in [5, 5.41) is 13.2. The van der Waals surface area contributed by atoms with Gasteiger partial charge in [0.25, 0.3) is 0 Å². The van der Waals surface area contributed by atoms with Crippen LogP contribution < -0.4 is 5.32 Å². The van der Waals surface area contributed by atoms with Crippen LogP contribution in [0.25, 0.3) is 0 Å². The van der Waals surface area contributed by atoms with Crippen LogP contribution in [0, 0.1) is 11.3 Å². The SMILES string of the molecule is CC(N[C@@H](C)c1cccc(Cl)c1)c1cccc(C#N)c1. The maximum atomic E-state index is 8.95. The van der Waals surface area contributed by atoms with Crippen molar-refractivity contribution in [2.75, 3.05) is 0 Å². The monoisotopic (exact) mass is 284 g/mol. The summed E-state index contributed by atoms with van der Waals surface area (Å²) in [6.45, 7) is 4.20. The van der Waals surface area contributed by atoms with Gasteiger partial charge in [0.15, 0.2) is 0 Å². The van der Waals surface area contributed by atoms with Crippen LogP contribution in [-0.2, 0) is 0 Å². The fourth-order valence-corrected chi connectivity index (χ4v) is 2.42. The largest absolute Gasteiger partial charge is 0.304 e. The zero-order valence-corrected chi connectivity index (χ0v) is 12.4. The van der Waals surface area contributed by atoms with E-state index in [1.54, 1.807) is 0 Å². The van der Waals surface area contributed by atoms with Gasteiger partial charge in [-0.2, -0.15) is 5.26 Å². The molecule has 0 aliphatic heterocycles. The van der Waals surface area contributed by atoms with E-state index in [1.165, 1.54) is 0 Å². The van der Waals surface area contributed by atoms with Gasteiger partial charge < -0.3 is 5.32 Å². The smallest absolute Gasteiger partial charge is 0.0991 e. The molecule has 2 nitrogen and oxygen atoms in total. The van der Waals surface area contributed by atoms with Crippen LogP contribution >= 0.6 is 11.6 Å². The first-order valence-electron chi connectivity index (χ1n) is 6.61. The molecule has 0 radical (unpaired) electrons. The lowest BCUT2D eigenvalue weighted by Gasteiger charge is -2.21. The molecule has 1 N–H and O–H groups in total. The van der Waals surface area contributed by atoms with Crippen molar-refractivity contribution in [2.45, 2.75) is 25.9 Å². The van der Waals surface area contributed by atoms with E-state index in [-0.39, 0.29) is 12.1 Å². The van der Waals surface area contributed by atoms with Crippen LogP contribution in [0.5, 0.6) is 0 Å². The van der Waals surface area contributed by atoms with E-state index in [2.05, 4.69) is 31.3 Å². The number of benzene rings is 2. The Morgan fingerprint density at radius 2 is 1.60 bits per heavy atom. The second kappa shape index (κ2) is 6.56. The summed E-state index contributed by atoms with van der Waals surface area (Å²) >= 11 is 6.02. The molecular formula is C17H17ClN2. The molecule has 102 valence electrons. The fourth-order valence-electron chi connectivity index (χ4n) is 2.22. The average Bonchev–Trinajstić information content (AvgIpc) is 2.47. The van der Waals surface area contributed by atoms with Gasteiger partial charge in [-0.15, -0.1) is 0 Å². The molecule has 0 aliphatic carbocycles. The molecule has 0 saturated carbocycles. The van der Waals surface area contributed by atoms with Crippen molar-refractivity contribution < 1.29 is 0 Å². The summed E-state index contributed by atoms with van der Waals surface area (Å²) in [6.07, 6.45) is 0. The van der Waals surface area contributed by atoms with Gasteiger partial charge in [0, 0.05) is 17.1 Å². The van der Waals surface area contributed by atoms with Crippen LogP contribution in [0.15, 0.2) is 48.5 Å². The number of nitriles is 1. The van der Waals surface area contributed by atoms with Crippen LogP contribution in [0.4, 0.5) is 0 Å². The zero-order valence-electron chi connectivity index (χ0n) is 11.6. The Morgan fingerprint density at radius 3 is 2.20 bits per heavy atom. The third-order valence-corrected chi connectivity index (χ3v) is 3.60. The van der Waals surface area contributed by atoms with Crippen molar-refractivity contribution in [3.63, 3.8) is 0 Å². The molecule has 0 amide bonds. The van der Waals surface area contributed by atoms with Gasteiger partial charge in [-0.05, 0) is 49.2 Å². The number of hydrogen-bond acceptors (Lipinski definition) is 2. The predicted molar refractivity (Wildman–Crippen MR) is 82.6 cm³/mol. The van der Waals surface area contributed by atoms with Gasteiger partial charge >= 0.3 is 0 Å². The lowest BCUT2D eigenvalue weighted by molar-refractivity contribution is 0.494. The van der Waals surface area contributed by atoms with Crippen molar-refractivity contribution in [3.8, 4) is 6.07 Å². The molecule has 0 heterocycles. The van der Waals surface area contributed by atoms with Crippen molar-refractivity contribution >= 4 is 11.6 Å². The molecule has 0 aromatic heterocycles. The molecular weight excluding hydrogens is 268 g/mol. The highest BCUT2D eigenvalue weighted by Crippen LogP contribution is 2.22.